The summed E-state index contributed by atoms with van der Waals surface area (Å²) in [7, 11) is -3.77. The van der Waals surface area contributed by atoms with E-state index in [9.17, 15) is 18.5 Å². The van der Waals surface area contributed by atoms with Gasteiger partial charge in [-0.05, 0) is 37.8 Å². The third-order valence-corrected chi connectivity index (χ3v) is 5.65. The first-order chi connectivity index (χ1) is 10.1. The standard InChI is InChI=1S/C14H23N3O4S.ClH/c1-5-14(15,6-2)9-16-22(20,21)13-10(3)7-12(17(18)19)8-11(13)4;/h7-8,16H,5-6,9,15H2,1-4H3;1H. The fourth-order valence-electron chi connectivity index (χ4n) is 2.27. The molecule has 9 heteroatoms. The minimum atomic E-state index is -3.77. The molecule has 132 valence electrons. The highest BCUT2D eigenvalue weighted by molar-refractivity contribution is 7.89. The number of nitrogens with zero attached hydrogens (tertiary/aromatic N) is 1. The van der Waals surface area contributed by atoms with Crippen LogP contribution in [0.1, 0.15) is 37.8 Å². The summed E-state index contributed by atoms with van der Waals surface area (Å²) in [5.41, 5.74) is 6.07. The summed E-state index contributed by atoms with van der Waals surface area (Å²) in [6, 6.07) is 2.52. The quantitative estimate of drug-likeness (QED) is 0.568. The van der Waals surface area contributed by atoms with E-state index in [1.165, 1.54) is 12.1 Å². The Kier molecular flexibility index (Phi) is 7.62. The van der Waals surface area contributed by atoms with Crippen LogP contribution >= 0.6 is 12.4 Å². The molecule has 0 spiro atoms. The molecule has 0 amide bonds. The normalized spacial score (nSPS) is 11.9. The van der Waals surface area contributed by atoms with Gasteiger partial charge in [-0.2, -0.15) is 0 Å². The predicted molar refractivity (Wildman–Crippen MR) is 92.5 cm³/mol. The van der Waals surface area contributed by atoms with Crippen LogP contribution in [-0.2, 0) is 10.0 Å². The maximum atomic E-state index is 12.5. The van der Waals surface area contributed by atoms with Crippen molar-refractivity contribution in [3.05, 3.63) is 33.4 Å². The van der Waals surface area contributed by atoms with Crippen LogP contribution in [0.4, 0.5) is 5.69 Å². The Hall–Kier alpha value is -1.22. The Balaban J connectivity index is 0.00000484. The first-order valence-electron chi connectivity index (χ1n) is 7.10. The van der Waals surface area contributed by atoms with Crippen LogP contribution in [0.25, 0.3) is 0 Å². The van der Waals surface area contributed by atoms with Crippen molar-refractivity contribution in [1.82, 2.24) is 4.72 Å². The number of nitro groups is 1. The Morgan fingerprint density at radius 1 is 1.22 bits per heavy atom. The molecule has 0 saturated carbocycles. The van der Waals surface area contributed by atoms with E-state index in [0.29, 0.717) is 24.0 Å². The summed E-state index contributed by atoms with van der Waals surface area (Å²) < 4.78 is 27.5. The smallest absolute Gasteiger partial charge is 0.270 e. The monoisotopic (exact) mass is 365 g/mol. The van der Waals surface area contributed by atoms with Gasteiger partial charge in [0.2, 0.25) is 10.0 Å². The van der Waals surface area contributed by atoms with E-state index in [-0.39, 0.29) is 29.5 Å². The minimum Gasteiger partial charge on any atom is -0.324 e. The maximum absolute atomic E-state index is 12.5. The van der Waals surface area contributed by atoms with Crippen molar-refractivity contribution in [3.8, 4) is 0 Å². The highest BCUT2D eigenvalue weighted by Gasteiger charge is 2.27. The van der Waals surface area contributed by atoms with E-state index < -0.39 is 20.5 Å². The summed E-state index contributed by atoms with van der Waals surface area (Å²) in [4.78, 5) is 10.4. The summed E-state index contributed by atoms with van der Waals surface area (Å²) >= 11 is 0. The van der Waals surface area contributed by atoms with E-state index in [4.69, 9.17) is 5.73 Å². The second kappa shape index (κ2) is 8.05. The Morgan fingerprint density at radius 3 is 2.00 bits per heavy atom. The molecular formula is C14H24ClN3O4S. The predicted octanol–water partition coefficient (Wildman–Crippen LogP) is 2.43. The fraction of sp³-hybridized carbons (Fsp3) is 0.571. The number of benzene rings is 1. The van der Waals surface area contributed by atoms with E-state index in [1.54, 1.807) is 13.8 Å². The van der Waals surface area contributed by atoms with Crippen LogP contribution in [0, 0.1) is 24.0 Å². The number of sulfonamides is 1. The summed E-state index contributed by atoms with van der Waals surface area (Å²) in [5, 5.41) is 10.8. The molecule has 23 heavy (non-hydrogen) atoms. The van der Waals surface area contributed by atoms with Crippen LogP contribution in [0.15, 0.2) is 17.0 Å². The van der Waals surface area contributed by atoms with E-state index in [1.807, 2.05) is 13.8 Å². The maximum Gasteiger partial charge on any atom is 0.270 e. The average molecular weight is 366 g/mol. The zero-order chi connectivity index (χ0) is 17.1. The van der Waals surface area contributed by atoms with Crippen molar-refractivity contribution < 1.29 is 13.3 Å². The third-order valence-electron chi connectivity index (χ3n) is 3.95. The molecular weight excluding hydrogens is 342 g/mol. The van der Waals surface area contributed by atoms with Crippen molar-refractivity contribution in [2.24, 2.45) is 5.73 Å². The molecule has 0 unspecified atom stereocenters. The highest BCUT2D eigenvalue weighted by Crippen LogP contribution is 2.25. The molecule has 1 aromatic rings. The lowest BCUT2D eigenvalue weighted by atomic mass is 9.95. The van der Waals surface area contributed by atoms with Gasteiger partial charge < -0.3 is 5.73 Å². The van der Waals surface area contributed by atoms with Gasteiger partial charge in [-0.3, -0.25) is 10.1 Å². The van der Waals surface area contributed by atoms with Gasteiger partial charge in [0.15, 0.2) is 0 Å². The zero-order valence-corrected chi connectivity index (χ0v) is 15.4. The van der Waals surface area contributed by atoms with Gasteiger partial charge in [-0.25, -0.2) is 13.1 Å². The van der Waals surface area contributed by atoms with E-state index in [2.05, 4.69) is 4.72 Å². The lowest BCUT2D eigenvalue weighted by Gasteiger charge is -2.27. The summed E-state index contributed by atoms with van der Waals surface area (Å²) in [6.07, 6.45) is 1.29. The van der Waals surface area contributed by atoms with Crippen LogP contribution in [0.5, 0.6) is 0 Å². The van der Waals surface area contributed by atoms with Crippen molar-refractivity contribution in [1.29, 1.82) is 0 Å². The number of nitrogens with one attached hydrogen (secondary N) is 1. The number of non-ortho nitro benzene ring substituents is 1. The molecule has 0 saturated heterocycles. The fourth-order valence-corrected chi connectivity index (χ4v) is 3.86. The van der Waals surface area contributed by atoms with Crippen LogP contribution in [0.3, 0.4) is 0 Å². The molecule has 7 nitrogen and oxygen atoms in total. The molecule has 0 aromatic heterocycles. The molecule has 1 rings (SSSR count). The number of halogens is 1. The Bertz CT molecular complexity index is 650. The molecule has 0 aliphatic carbocycles. The van der Waals surface area contributed by atoms with Crippen molar-refractivity contribution in [2.75, 3.05) is 6.54 Å². The van der Waals surface area contributed by atoms with Crippen molar-refractivity contribution in [2.45, 2.75) is 51.0 Å². The molecule has 1 aromatic carbocycles. The molecule has 0 fully saturated rings. The van der Waals surface area contributed by atoms with Gasteiger partial charge >= 0.3 is 0 Å². The molecule has 0 aliphatic rings. The molecule has 0 bridgehead atoms. The average Bonchev–Trinajstić information content (AvgIpc) is 2.43. The Morgan fingerprint density at radius 2 is 1.65 bits per heavy atom. The van der Waals surface area contributed by atoms with Gasteiger partial charge in [-0.1, -0.05) is 13.8 Å². The minimum absolute atomic E-state index is 0. The topological polar surface area (TPSA) is 115 Å². The SMILES string of the molecule is CCC(N)(CC)CNS(=O)(=O)c1c(C)cc([N+](=O)[O-])cc1C.Cl. The molecule has 0 heterocycles. The van der Waals surface area contributed by atoms with Crippen LogP contribution in [-0.4, -0.2) is 25.4 Å². The van der Waals surface area contributed by atoms with Gasteiger partial charge in [0, 0.05) is 24.2 Å². The number of aryl methyl sites for hydroxylation is 2. The summed E-state index contributed by atoms with van der Waals surface area (Å²) in [6.45, 7) is 7.02. The number of rotatable bonds is 7. The van der Waals surface area contributed by atoms with Crippen LogP contribution in [0.2, 0.25) is 0 Å². The van der Waals surface area contributed by atoms with Gasteiger partial charge in [-0.15, -0.1) is 12.4 Å². The Labute approximate surface area is 143 Å². The van der Waals surface area contributed by atoms with Gasteiger partial charge in [0.1, 0.15) is 0 Å². The first-order valence-corrected chi connectivity index (χ1v) is 8.59. The van der Waals surface area contributed by atoms with E-state index in [0.717, 1.165) is 0 Å². The lowest BCUT2D eigenvalue weighted by molar-refractivity contribution is -0.385. The summed E-state index contributed by atoms with van der Waals surface area (Å²) in [5.74, 6) is 0. The number of hydrogen-bond acceptors (Lipinski definition) is 5. The molecule has 3 N–H and O–H groups in total. The zero-order valence-electron chi connectivity index (χ0n) is 13.8. The lowest BCUT2D eigenvalue weighted by Crippen LogP contribution is -2.49. The van der Waals surface area contributed by atoms with Crippen LogP contribution < -0.4 is 10.5 Å². The first kappa shape index (κ1) is 21.8. The largest absolute Gasteiger partial charge is 0.324 e. The van der Waals surface area contributed by atoms with Gasteiger partial charge in [0.25, 0.3) is 5.69 Å². The molecule has 0 aliphatic heterocycles. The third kappa shape index (κ3) is 5.13. The number of hydrogen-bond donors (Lipinski definition) is 2. The number of nitro benzene ring substituents is 1. The van der Waals surface area contributed by atoms with Crippen molar-refractivity contribution >= 4 is 28.1 Å². The second-order valence-corrected chi connectivity index (χ2v) is 7.26. The van der Waals surface area contributed by atoms with E-state index >= 15 is 0 Å². The second-order valence-electron chi connectivity index (χ2n) is 5.56. The number of nitrogens with two attached hydrogens (primary N) is 1. The highest BCUT2D eigenvalue weighted by atomic mass is 35.5. The molecule has 0 atom stereocenters. The molecule has 0 radical (unpaired) electrons. The van der Waals surface area contributed by atoms with Crippen molar-refractivity contribution in [3.63, 3.8) is 0 Å². The van der Waals surface area contributed by atoms with Gasteiger partial charge in [0.05, 0.1) is 9.82 Å².